The Labute approximate surface area is 73.3 Å². The van der Waals surface area contributed by atoms with Gasteiger partial charge in [-0.05, 0) is 24.2 Å². The van der Waals surface area contributed by atoms with Gasteiger partial charge in [0.15, 0.2) is 0 Å². The summed E-state index contributed by atoms with van der Waals surface area (Å²) < 4.78 is 0. The Balaban J connectivity index is 2.81. The van der Waals surface area contributed by atoms with Gasteiger partial charge in [-0.15, -0.1) is 0 Å². The third-order valence-corrected chi connectivity index (χ3v) is 3.01. The van der Waals surface area contributed by atoms with Crippen LogP contribution in [0.4, 0.5) is 0 Å². The Kier molecular flexibility index (Phi) is 2.55. The average molecular weight is 168 g/mol. The summed E-state index contributed by atoms with van der Waals surface area (Å²) in [5.41, 5.74) is 0.591. The highest BCUT2D eigenvalue weighted by molar-refractivity contribution is 5.86. The molecule has 3 atom stereocenters. The molecule has 1 aliphatic rings. The molecule has 1 rings (SSSR count). The van der Waals surface area contributed by atoms with Gasteiger partial charge in [-0.2, -0.15) is 0 Å². The predicted molar refractivity (Wildman–Crippen MR) is 47.8 cm³/mol. The zero-order chi connectivity index (χ0) is 9.30. The lowest BCUT2D eigenvalue weighted by Crippen LogP contribution is -2.23. The summed E-state index contributed by atoms with van der Waals surface area (Å²) >= 11 is 0. The number of hydrogen-bond donors (Lipinski definition) is 1. The van der Waals surface area contributed by atoms with Crippen molar-refractivity contribution in [1.82, 2.24) is 0 Å². The number of aliphatic carboxylic acids is 1. The molecule has 0 heterocycles. The third-order valence-electron chi connectivity index (χ3n) is 3.01. The second-order valence-electron chi connectivity index (χ2n) is 3.90. The van der Waals surface area contributed by atoms with E-state index in [2.05, 4.69) is 20.8 Å². The van der Waals surface area contributed by atoms with Crippen LogP contribution in [0.1, 0.15) is 27.2 Å². The predicted octanol–water partition coefficient (Wildman–Crippen LogP) is 2.31. The zero-order valence-electron chi connectivity index (χ0n) is 7.87. The molecule has 2 nitrogen and oxygen atoms in total. The smallest absolute Gasteiger partial charge is 0.331 e. The molecule has 0 saturated heterocycles. The standard InChI is InChI=1S/C10H16O2/c1-6-4-9(10(11)12)5-7(2)8(6)3/h4,6-8H,5H2,1-3H3,(H,11,12). The maximum atomic E-state index is 10.7. The molecular formula is C10H16O2. The van der Waals surface area contributed by atoms with Crippen molar-refractivity contribution in [3.63, 3.8) is 0 Å². The molecule has 12 heavy (non-hydrogen) atoms. The molecule has 0 bridgehead atoms. The number of carboxylic acid groups (broad SMARTS) is 1. The van der Waals surface area contributed by atoms with Gasteiger partial charge in [-0.3, -0.25) is 0 Å². The minimum atomic E-state index is -0.749. The first-order valence-electron chi connectivity index (χ1n) is 4.46. The van der Waals surface area contributed by atoms with Gasteiger partial charge in [-0.1, -0.05) is 26.8 Å². The number of rotatable bonds is 1. The number of carboxylic acids is 1. The summed E-state index contributed by atoms with van der Waals surface area (Å²) in [6.45, 7) is 6.39. The maximum Gasteiger partial charge on any atom is 0.331 e. The lowest BCUT2D eigenvalue weighted by Gasteiger charge is -2.29. The molecule has 3 unspecified atom stereocenters. The Morgan fingerprint density at radius 2 is 2.08 bits per heavy atom. The third kappa shape index (κ3) is 1.68. The van der Waals surface area contributed by atoms with Gasteiger partial charge in [0.25, 0.3) is 0 Å². The van der Waals surface area contributed by atoms with Crippen molar-refractivity contribution in [1.29, 1.82) is 0 Å². The van der Waals surface area contributed by atoms with E-state index in [1.807, 2.05) is 6.08 Å². The molecule has 2 heteroatoms. The molecule has 0 saturated carbocycles. The first kappa shape index (κ1) is 9.30. The van der Waals surface area contributed by atoms with Gasteiger partial charge in [0.05, 0.1) is 0 Å². The molecule has 1 aliphatic carbocycles. The van der Waals surface area contributed by atoms with Crippen molar-refractivity contribution in [3.8, 4) is 0 Å². The molecule has 0 amide bonds. The van der Waals surface area contributed by atoms with Crippen molar-refractivity contribution < 1.29 is 9.90 Å². The maximum absolute atomic E-state index is 10.7. The summed E-state index contributed by atoms with van der Waals surface area (Å²) in [5.74, 6) is 0.754. The normalized spacial score (nSPS) is 35.9. The van der Waals surface area contributed by atoms with Crippen molar-refractivity contribution in [2.24, 2.45) is 17.8 Å². The molecule has 68 valence electrons. The van der Waals surface area contributed by atoms with Crippen molar-refractivity contribution >= 4 is 5.97 Å². The van der Waals surface area contributed by atoms with E-state index < -0.39 is 5.97 Å². The second-order valence-corrected chi connectivity index (χ2v) is 3.90. The summed E-state index contributed by atoms with van der Waals surface area (Å²) in [6.07, 6.45) is 2.62. The van der Waals surface area contributed by atoms with Crippen molar-refractivity contribution in [3.05, 3.63) is 11.6 Å². The van der Waals surface area contributed by atoms with Gasteiger partial charge < -0.3 is 5.11 Å². The first-order valence-corrected chi connectivity index (χ1v) is 4.46. The Morgan fingerprint density at radius 3 is 2.50 bits per heavy atom. The molecule has 0 aromatic carbocycles. The van der Waals surface area contributed by atoms with Gasteiger partial charge in [0.2, 0.25) is 0 Å². The highest BCUT2D eigenvalue weighted by Crippen LogP contribution is 2.32. The molecule has 0 spiro atoms. The van der Waals surface area contributed by atoms with Crippen LogP contribution in [0.15, 0.2) is 11.6 Å². The van der Waals surface area contributed by atoms with Crippen LogP contribution in [0.3, 0.4) is 0 Å². The highest BCUT2D eigenvalue weighted by Gasteiger charge is 2.26. The van der Waals surface area contributed by atoms with Crippen LogP contribution in [-0.2, 0) is 4.79 Å². The van der Waals surface area contributed by atoms with Gasteiger partial charge in [-0.25, -0.2) is 4.79 Å². The number of carbonyl (C=O) groups is 1. The van der Waals surface area contributed by atoms with Crippen LogP contribution >= 0.6 is 0 Å². The summed E-state index contributed by atoms with van der Waals surface area (Å²) in [5, 5.41) is 8.79. The molecule has 0 fully saturated rings. The summed E-state index contributed by atoms with van der Waals surface area (Å²) in [7, 11) is 0. The van der Waals surface area contributed by atoms with E-state index in [1.165, 1.54) is 0 Å². The van der Waals surface area contributed by atoms with Gasteiger partial charge in [0.1, 0.15) is 0 Å². The minimum Gasteiger partial charge on any atom is -0.478 e. The van der Waals surface area contributed by atoms with E-state index in [-0.39, 0.29) is 0 Å². The quantitative estimate of drug-likeness (QED) is 0.652. The van der Waals surface area contributed by atoms with Crippen LogP contribution in [0, 0.1) is 17.8 Å². The van der Waals surface area contributed by atoms with Crippen LogP contribution in [0.5, 0.6) is 0 Å². The van der Waals surface area contributed by atoms with Crippen LogP contribution < -0.4 is 0 Å². The SMILES string of the molecule is CC1C=C(C(=O)O)CC(C)C1C. The number of hydrogen-bond acceptors (Lipinski definition) is 1. The molecule has 1 N–H and O–H groups in total. The first-order chi connectivity index (χ1) is 5.52. The molecule has 0 aliphatic heterocycles. The van der Waals surface area contributed by atoms with E-state index in [0.717, 1.165) is 6.42 Å². The van der Waals surface area contributed by atoms with Crippen molar-refractivity contribution in [2.45, 2.75) is 27.2 Å². The fourth-order valence-corrected chi connectivity index (χ4v) is 1.75. The number of allylic oxidation sites excluding steroid dienone is 1. The molecule has 0 radical (unpaired) electrons. The summed E-state index contributed by atoms with van der Waals surface area (Å²) in [6, 6.07) is 0. The monoisotopic (exact) mass is 168 g/mol. The minimum absolute atomic E-state index is 0.403. The zero-order valence-corrected chi connectivity index (χ0v) is 7.87. The summed E-state index contributed by atoms with van der Waals surface area (Å²) in [4.78, 5) is 10.7. The highest BCUT2D eigenvalue weighted by atomic mass is 16.4. The largest absolute Gasteiger partial charge is 0.478 e. The molecule has 0 aromatic heterocycles. The average Bonchev–Trinajstić information content (AvgIpc) is 1.99. The fraction of sp³-hybridized carbons (Fsp3) is 0.700. The van der Waals surface area contributed by atoms with E-state index in [4.69, 9.17) is 5.11 Å². The topological polar surface area (TPSA) is 37.3 Å². The lowest BCUT2D eigenvalue weighted by atomic mass is 9.76. The van der Waals surface area contributed by atoms with Crippen LogP contribution in [0.2, 0.25) is 0 Å². The van der Waals surface area contributed by atoms with Crippen LogP contribution in [0.25, 0.3) is 0 Å². The van der Waals surface area contributed by atoms with Crippen LogP contribution in [-0.4, -0.2) is 11.1 Å². The lowest BCUT2D eigenvalue weighted by molar-refractivity contribution is -0.133. The van der Waals surface area contributed by atoms with E-state index in [1.54, 1.807) is 0 Å². The molecule has 0 aromatic rings. The van der Waals surface area contributed by atoms with Gasteiger partial charge in [0, 0.05) is 5.57 Å². The van der Waals surface area contributed by atoms with E-state index in [0.29, 0.717) is 23.3 Å². The Hall–Kier alpha value is -0.790. The molecular weight excluding hydrogens is 152 g/mol. The van der Waals surface area contributed by atoms with E-state index in [9.17, 15) is 4.79 Å². The Bertz CT molecular complexity index is 218. The van der Waals surface area contributed by atoms with Crippen molar-refractivity contribution in [2.75, 3.05) is 0 Å². The fourth-order valence-electron chi connectivity index (χ4n) is 1.75. The van der Waals surface area contributed by atoms with Gasteiger partial charge >= 0.3 is 5.97 Å². The Morgan fingerprint density at radius 1 is 1.50 bits per heavy atom. The van der Waals surface area contributed by atoms with E-state index >= 15 is 0 Å². The second kappa shape index (κ2) is 3.30.